The Kier molecular flexibility index (Phi) is 3.79. The molecule has 0 aromatic heterocycles. The second-order valence-corrected chi connectivity index (χ2v) is 4.78. The van der Waals surface area contributed by atoms with Crippen LogP contribution in [0.15, 0.2) is 18.2 Å². The second-order valence-electron chi connectivity index (χ2n) is 4.37. The van der Waals surface area contributed by atoms with E-state index < -0.39 is 0 Å². The van der Waals surface area contributed by atoms with Crippen molar-refractivity contribution in [2.24, 2.45) is 11.7 Å². The summed E-state index contributed by atoms with van der Waals surface area (Å²) < 4.78 is 13.0. The van der Waals surface area contributed by atoms with Gasteiger partial charge >= 0.3 is 0 Å². The van der Waals surface area contributed by atoms with Gasteiger partial charge in [-0.2, -0.15) is 0 Å². The van der Waals surface area contributed by atoms with E-state index in [9.17, 15) is 4.39 Å². The Bertz CT molecular complexity index is 364. The zero-order chi connectivity index (χ0) is 11.5. The number of hydrogen-bond acceptors (Lipinski definition) is 2. The highest BCUT2D eigenvalue weighted by atomic mass is 35.5. The minimum atomic E-state index is -0.389. The fraction of sp³-hybridized carbons (Fsp3) is 0.500. The summed E-state index contributed by atoms with van der Waals surface area (Å²) in [4.78, 5) is 0. The van der Waals surface area contributed by atoms with Gasteiger partial charge in [0, 0.05) is 6.04 Å². The van der Waals surface area contributed by atoms with Gasteiger partial charge in [-0.15, -0.1) is 0 Å². The summed E-state index contributed by atoms with van der Waals surface area (Å²) in [5.41, 5.74) is 7.00. The van der Waals surface area contributed by atoms with Crippen LogP contribution < -0.4 is 11.1 Å². The SMILES string of the molecule is NC(CC1CCNC1)c1ccc(F)c(Cl)c1. The third-order valence-electron chi connectivity index (χ3n) is 3.12. The average Bonchev–Trinajstić information content (AvgIpc) is 2.74. The molecule has 0 spiro atoms. The quantitative estimate of drug-likeness (QED) is 0.855. The first-order valence-electron chi connectivity index (χ1n) is 5.58. The van der Waals surface area contributed by atoms with Gasteiger partial charge in [0.05, 0.1) is 5.02 Å². The van der Waals surface area contributed by atoms with Gasteiger partial charge in [0.25, 0.3) is 0 Å². The lowest BCUT2D eigenvalue weighted by Crippen LogP contribution is -2.17. The topological polar surface area (TPSA) is 38.0 Å². The molecule has 3 N–H and O–H groups in total. The summed E-state index contributed by atoms with van der Waals surface area (Å²) in [6.07, 6.45) is 2.09. The molecule has 16 heavy (non-hydrogen) atoms. The molecule has 88 valence electrons. The number of hydrogen-bond donors (Lipinski definition) is 2. The van der Waals surface area contributed by atoms with Crippen molar-refractivity contribution in [2.75, 3.05) is 13.1 Å². The van der Waals surface area contributed by atoms with E-state index in [0.717, 1.165) is 25.1 Å². The molecule has 1 aromatic carbocycles. The standard InChI is InChI=1S/C12H16ClFN2/c13-10-6-9(1-2-11(10)14)12(15)5-8-3-4-16-7-8/h1-2,6,8,12,16H,3-5,7,15H2. The molecule has 1 aliphatic heterocycles. The predicted molar refractivity (Wildman–Crippen MR) is 63.9 cm³/mol. The Balaban J connectivity index is 2.02. The van der Waals surface area contributed by atoms with E-state index in [-0.39, 0.29) is 16.9 Å². The van der Waals surface area contributed by atoms with Crippen LogP contribution in [0.1, 0.15) is 24.4 Å². The fourth-order valence-corrected chi connectivity index (χ4v) is 2.34. The zero-order valence-electron chi connectivity index (χ0n) is 9.05. The largest absolute Gasteiger partial charge is 0.324 e. The molecular weight excluding hydrogens is 227 g/mol. The number of halogens is 2. The molecule has 1 fully saturated rings. The number of nitrogens with two attached hydrogens (primary N) is 1. The van der Waals surface area contributed by atoms with Crippen LogP contribution in [-0.2, 0) is 0 Å². The molecule has 2 unspecified atom stereocenters. The van der Waals surface area contributed by atoms with Crippen LogP contribution >= 0.6 is 11.6 Å². The van der Waals surface area contributed by atoms with Crippen molar-refractivity contribution in [3.63, 3.8) is 0 Å². The molecule has 1 saturated heterocycles. The van der Waals surface area contributed by atoms with Gasteiger partial charge < -0.3 is 11.1 Å². The number of rotatable bonds is 3. The van der Waals surface area contributed by atoms with Crippen molar-refractivity contribution >= 4 is 11.6 Å². The normalized spacial score (nSPS) is 22.3. The minimum absolute atomic E-state index is 0.0528. The van der Waals surface area contributed by atoms with Crippen LogP contribution in [-0.4, -0.2) is 13.1 Å². The summed E-state index contributed by atoms with van der Waals surface area (Å²) >= 11 is 5.73. The Morgan fingerprint density at radius 2 is 2.38 bits per heavy atom. The van der Waals surface area contributed by atoms with Crippen LogP contribution in [0.5, 0.6) is 0 Å². The highest BCUT2D eigenvalue weighted by Gasteiger charge is 2.19. The fourth-order valence-electron chi connectivity index (χ4n) is 2.15. The lowest BCUT2D eigenvalue weighted by atomic mass is 9.95. The van der Waals surface area contributed by atoms with Crippen molar-refractivity contribution in [3.05, 3.63) is 34.6 Å². The molecule has 0 aliphatic carbocycles. The predicted octanol–water partition coefficient (Wildman–Crippen LogP) is 2.48. The van der Waals surface area contributed by atoms with E-state index in [1.165, 1.54) is 12.5 Å². The van der Waals surface area contributed by atoms with E-state index >= 15 is 0 Å². The van der Waals surface area contributed by atoms with E-state index in [2.05, 4.69) is 5.32 Å². The van der Waals surface area contributed by atoms with Gasteiger partial charge in [-0.25, -0.2) is 4.39 Å². The van der Waals surface area contributed by atoms with Crippen LogP contribution in [0, 0.1) is 11.7 Å². The minimum Gasteiger partial charge on any atom is -0.324 e. The zero-order valence-corrected chi connectivity index (χ0v) is 9.80. The van der Waals surface area contributed by atoms with Crippen molar-refractivity contribution in [3.8, 4) is 0 Å². The maximum Gasteiger partial charge on any atom is 0.141 e. The Labute approximate surface area is 100.0 Å². The van der Waals surface area contributed by atoms with Crippen LogP contribution in [0.2, 0.25) is 5.02 Å². The Morgan fingerprint density at radius 1 is 1.56 bits per heavy atom. The van der Waals surface area contributed by atoms with Gasteiger partial charge in [-0.3, -0.25) is 0 Å². The molecule has 0 saturated carbocycles. The Hall–Kier alpha value is -0.640. The van der Waals surface area contributed by atoms with Crippen molar-refractivity contribution < 1.29 is 4.39 Å². The molecule has 2 rings (SSSR count). The highest BCUT2D eigenvalue weighted by molar-refractivity contribution is 6.30. The van der Waals surface area contributed by atoms with Gasteiger partial charge in [-0.05, 0) is 49.5 Å². The first-order chi connectivity index (χ1) is 7.66. The summed E-state index contributed by atoms with van der Waals surface area (Å²) in [5.74, 6) is 0.235. The monoisotopic (exact) mass is 242 g/mol. The maximum absolute atomic E-state index is 13.0. The van der Waals surface area contributed by atoms with Crippen molar-refractivity contribution in [1.29, 1.82) is 0 Å². The molecule has 0 amide bonds. The molecular formula is C12H16ClFN2. The van der Waals surface area contributed by atoms with Crippen LogP contribution in [0.3, 0.4) is 0 Å². The van der Waals surface area contributed by atoms with Crippen LogP contribution in [0.25, 0.3) is 0 Å². The van der Waals surface area contributed by atoms with Gasteiger partial charge in [0.15, 0.2) is 0 Å². The number of nitrogens with one attached hydrogen (secondary N) is 1. The molecule has 2 nitrogen and oxygen atoms in total. The first-order valence-corrected chi connectivity index (χ1v) is 5.96. The lowest BCUT2D eigenvalue weighted by molar-refractivity contribution is 0.472. The summed E-state index contributed by atoms with van der Waals surface area (Å²) in [7, 11) is 0. The first kappa shape index (κ1) is 11.8. The maximum atomic E-state index is 13.0. The van der Waals surface area contributed by atoms with Gasteiger partial charge in [0.1, 0.15) is 5.82 Å². The summed E-state index contributed by atoms with van der Waals surface area (Å²) in [6, 6.07) is 4.67. The molecule has 1 heterocycles. The van der Waals surface area contributed by atoms with Gasteiger partial charge in [-0.1, -0.05) is 17.7 Å². The summed E-state index contributed by atoms with van der Waals surface area (Å²) in [5, 5.41) is 3.46. The molecule has 0 radical (unpaired) electrons. The molecule has 1 aliphatic rings. The van der Waals surface area contributed by atoms with E-state index in [4.69, 9.17) is 17.3 Å². The Morgan fingerprint density at radius 3 is 3.00 bits per heavy atom. The van der Waals surface area contributed by atoms with Crippen molar-refractivity contribution in [2.45, 2.75) is 18.9 Å². The summed E-state index contributed by atoms with van der Waals surface area (Å²) in [6.45, 7) is 2.10. The molecule has 0 bridgehead atoms. The number of benzene rings is 1. The highest BCUT2D eigenvalue weighted by Crippen LogP contribution is 2.25. The van der Waals surface area contributed by atoms with E-state index in [0.29, 0.717) is 5.92 Å². The van der Waals surface area contributed by atoms with E-state index in [1.54, 1.807) is 12.1 Å². The average molecular weight is 243 g/mol. The molecule has 1 aromatic rings. The van der Waals surface area contributed by atoms with E-state index in [1.807, 2.05) is 0 Å². The smallest absolute Gasteiger partial charge is 0.141 e. The third kappa shape index (κ3) is 2.73. The lowest BCUT2D eigenvalue weighted by Gasteiger charge is -2.16. The van der Waals surface area contributed by atoms with Crippen molar-refractivity contribution in [1.82, 2.24) is 5.32 Å². The molecule has 4 heteroatoms. The third-order valence-corrected chi connectivity index (χ3v) is 3.41. The van der Waals surface area contributed by atoms with Crippen LogP contribution in [0.4, 0.5) is 4.39 Å². The molecule has 2 atom stereocenters. The second kappa shape index (κ2) is 5.13. The van der Waals surface area contributed by atoms with Gasteiger partial charge in [0.2, 0.25) is 0 Å².